The zero-order valence-electron chi connectivity index (χ0n) is 11.9. The van der Waals surface area contributed by atoms with Crippen LogP contribution in [0.15, 0.2) is 41.5 Å². The molecule has 1 amide bonds. The smallest absolute Gasteiger partial charge is 0.383 e. The van der Waals surface area contributed by atoms with E-state index < -0.39 is 11.7 Å². The van der Waals surface area contributed by atoms with Crippen molar-refractivity contribution in [3.8, 4) is 0 Å². The second-order valence-corrected chi connectivity index (χ2v) is 5.12. The summed E-state index contributed by atoms with van der Waals surface area (Å²) in [7, 11) is 0. The third-order valence-electron chi connectivity index (χ3n) is 3.56. The van der Waals surface area contributed by atoms with E-state index >= 15 is 0 Å². The van der Waals surface area contributed by atoms with Gasteiger partial charge in [-0.05, 0) is 17.7 Å². The lowest BCUT2D eigenvalue weighted by Gasteiger charge is -2.24. The molecule has 1 aromatic carbocycles. The number of aliphatic imine (C=N–C) groups is 1. The number of rotatable bonds is 2. The zero-order valence-corrected chi connectivity index (χ0v) is 11.9. The van der Waals surface area contributed by atoms with Gasteiger partial charge in [-0.15, -0.1) is 0 Å². The van der Waals surface area contributed by atoms with Crippen molar-refractivity contribution < 1.29 is 18.0 Å². The number of amides is 1. The fourth-order valence-corrected chi connectivity index (χ4v) is 2.42. The molecule has 120 valence electrons. The van der Waals surface area contributed by atoms with E-state index in [0.29, 0.717) is 22.8 Å². The van der Waals surface area contributed by atoms with Crippen molar-refractivity contribution in [1.29, 1.82) is 0 Å². The number of anilines is 1. The molecule has 2 heterocycles. The lowest BCUT2D eigenvalue weighted by molar-refractivity contribution is -0.137. The van der Waals surface area contributed by atoms with E-state index in [1.54, 1.807) is 12.3 Å². The molecular weight excluding hydrogens is 309 g/mol. The molecule has 23 heavy (non-hydrogen) atoms. The van der Waals surface area contributed by atoms with E-state index in [1.165, 1.54) is 17.0 Å². The molecule has 0 spiro atoms. The predicted octanol–water partition coefficient (Wildman–Crippen LogP) is 2.29. The van der Waals surface area contributed by atoms with Crippen LogP contribution in [0.4, 0.5) is 19.0 Å². The molecule has 3 rings (SSSR count). The normalized spacial score (nSPS) is 14.4. The van der Waals surface area contributed by atoms with Crippen LogP contribution in [-0.2, 0) is 17.4 Å². The van der Waals surface area contributed by atoms with Crippen LogP contribution >= 0.6 is 0 Å². The number of amidine groups is 1. The summed E-state index contributed by atoms with van der Waals surface area (Å²) in [4.78, 5) is 20.7. The molecule has 3 N–H and O–H groups in total. The number of fused-ring (bicyclic) bond motifs is 1. The third-order valence-corrected chi connectivity index (χ3v) is 3.56. The number of aromatic amines is 1. The average Bonchev–Trinajstić information content (AvgIpc) is 2.97. The number of halogens is 3. The number of nitrogens with zero attached hydrogens (tertiary/aromatic N) is 2. The summed E-state index contributed by atoms with van der Waals surface area (Å²) in [6, 6.07) is 6.43. The van der Waals surface area contributed by atoms with Crippen LogP contribution in [0, 0.1) is 0 Å². The maximum absolute atomic E-state index is 12.7. The molecule has 0 unspecified atom stereocenters. The maximum atomic E-state index is 12.7. The summed E-state index contributed by atoms with van der Waals surface area (Å²) < 4.78 is 38.2. The van der Waals surface area contributed by atoms with Gasteiger partial charge in [0.1, 0.15) is 18.3 Å². The van der Waals surface area contributed by atoms with E-state index in [1.807, 2.05) is 0 Å². The van der Waals surface area contributed by atoms with Crippen LogP contribution < -0.4 is 10.6 Å². The van der Waals surface area contributed by atoms with Crippen molar-refractivity contribution in [2.75, 3.05) is 11.6 Å². The van der Waals surface area contributed by atoms with Crippen LogP contribution in [0.3, 0.4) is 0 Å². The summed E-state index contributed by atoms with van der Waals surface area (Å²) in [5.41, 5.74) is 5.86. The second-order valence-electron chi connectivity index (χ2n) is 5.12. The Labute approximate surface area is 129 Å². The van der Waals surface area contributed by atoms with Crippen molar-refractivity contribution in [3.63, 3.8) is 0 Å². The van der Waals surface area contributed by atoms with Crippen LogP contribution in [0.2, 0.25) is 0 Å². The Bertz CT molecular complexity index is 779. The molecule has 0 saturated heterocycles. The van der Waals surface area contributed by atoms with Gasteiger partial charge < -0.3 is 10.7 Å². The number of nitrogens with two attached hydrogens (primary N) is 1. The van der Waals surface area contributed by atoms with Crippen molar-refractivity contribution in [2.45, 2.75) is 12.6 Å². The number of hydrogen-bond donors (Lipinski definition) is 2. The number of nitrogens with one attached hydrogen (secondary N) is 1. The molecule has 5 nitrogen and oxygen atoms in total. The monoisotopic (exact) mass is 322 g/mol. The summed E-state index contributed by atoms with van der Waals surface area (Å²) in [6.45, 7) is 0.0388. The van der Waals surface area contributed by atoms with E-state index in [4.69, 9.17) is 5.73 Å². The van der Waals surface area contributed by atoms with Gasteiger partial charge >= 0.3 is 6.18 Å². The minimum absolute atomic E-state index is 0.0388. The molecule has 0 saturated carbocycles. The number of aromatic nitrogens is 1. The number of benzene rings is 1. The Morgan fingerprint density at radius 2 is 2.13 bits per heavy atom. The molecule has 0 aliphatic carbocycles. The first-order valence-electron chi connectivity index (χ1n) is 6.80. The molecule has 0 radical (unpaired) electrons. The highest BCUT2D eigenvalue weighted by atomic mass is 19.4. The Morgan fingerprint density at radius 1 is 1.35 bits per heavy atom. The lowest BCUT2D eigenvalue weighted by atomic mass is 10.1. The van der Waals surface area contributed by atoms with E-state index in [-0.39, 0.29) is 19.0 Å². The number of alkyl halides is 3. The maximum Gasteiger partial charge on any atom is 0.416 e. The minimum atomic E-state index is -4.43. The molecule has 0 fully saturated rings. The van der Waals surface area contributed by atoms with Gasteiger partial charge in [0.2, 0.25) is 5.91 Å². The highest BCUT2D eigenvalue weighted by Crippen LogP contribution is 2.30. The quantitative estimate of drug-likeness (QED) is 0.890. The largest absolute Gasteiger partial charge is 0.416 e. The standard InChI is InChI=1S/C15H13F3N4O/c16-15(17,18)10-3-1-2-9(6-10)7-12(23)22-8-21-13(19)11-4-5-20-14(11)22/h1-6,20H,7-8H2,(H2,19,21). The molecule has 1 aliphatic rings. The fraction of sp³-hybridized carbons (Fsp3) is 0.200. The van der Waals surface area contributed by atoms with Crippen molar-refractivity contribution in [3.05, 3.63) is 53.2 Å². The van der Waals surface area contributed by atoms with Gasteiger partial charge in [0.25, 0.3) is 0 Å². The number of carbonyl (C=O) groups excluding carboxylic acids is 1. The average molecular weight is 322 g/mol. The van der Waals surface area contributed by atoms with Gasteiger partial charge in [-0.1, -0.05) is 18.2 Å². The topological polar surface area (TPSA) is 74.5 Å². The van der Waals surface area contributed by atoms with E-state index in [0.717, 1.165) is 12.1 Å². The first-order chi connectivity index (χ1) is 10.9. The number of H-pyrrole nitrogens is 1. The van der Waals surface area contributed by atoms with Crippen molar-refractivity contribution in [2.24, 2.45) is 10.7 Å². The van der Waals surface area contributed by atoms with Gasteiger partial charge in [0.15, 0.2) is 0 Å². The molecule has 8 heteroatoms. The van der Waals surface area contributed by atoms with E-state index in [2.05, 4.69) is 9.98 Å². The Balaban J connectivity index is 1.81. The first-order valence-corrected chi connectivity index (χ1v) is 6.80. The van der Waals surface area contributed by atoms with Gasteiger partial charge in [0.05, 0.1) is 17.5 Å². The molecular formula is C15H13F3N4O. The lowest BCUT2D eigenvalue weighted by Crippen LogP contribution is -2.38. The Kier molecular flexibility index (Phi) is 3.59. The van der Waals surface area contributed by atoms with Gasteiger partial charge in [-0.25, -0.2) is 4.99 Å². The SMILES string of the molecule is NC1=NCN(C(=O)Cc2cccc(C(F)(F)F)c2)c2[nH]ccc21. The Morgan fingerprint density at radius 3 is 2.87 bits per heavy atom. The van der Waals surface area contributed by atoms with Gasteiger partial charge in [0, 0.05) is 6.20 Å². The highest BCUT2D eigenvalue weighted by molar-refractivity contribution is 6.08. The molecule has 1 aliphatic heterocycles. The summed E-state index contributed by atoms with van der Waals surface area (Å²) >= 11 is 0. The van der Waals surface area contributed by atoms with Crippen LogP contribution in [0.25, 0.3) is 0 Å². The van der Waals surface area contributed by atoms with E-state index in [9.17, 15) is 18.0 Å². The molecule has 1 aromatic heterocycles. The summed E-state index contributed by atoms with van der Waals surface area (Å²) in [6.07, 6.45) is -2.96. The Hall–Kier alpha value is -2.77. The van der Waals surface area contributed by atoms with Crippen LogP contribution in [0.1, 0.15) is 16.7 Å². The fourth-order valence-electron chi connectivity index (χ4n) is 2.42. The van der Waals surface area contributed by atoms with Crippen molar-refractivity contribution in [1.82, 2.24) is 4.98 Å². The first kappa shape index (κ1) is 15.1. The van der Waals surface area contributed by atoms with Crippen LogP contribution in [-0.4, -0.2) is 23.4 Å². The summed E-state index contributed by atoms with van der Waals surface area (Å²) in [5, 5.41) is 0. The molecule has 0 atom stereocenters. The van der Waals surface area contributed by atoms with Gasteiger partial charge in [-0.3, -0.25) is 9.69 Å². The van der Waals surface area contributed by atoms with Gasteiger partial charge in [-0.2, -0.15) is 13.2 Å². The van der Waals surface area contributed by atoms with Crippen molar-refractivity contribution >= 4 is 17.6 Å². The minimum Gasteiger partial charge on any atom is -0.383 e. The molecule has 2 aromatic rings. The predicted molar refractivity (Wildman–Crippen MR) is 79.0 cm³/mol. The second kappa shape index (κ2) is 5.45. The molecule has 0 bridgehead atoms. The third kappa shape index (κ3) is 2.92. The number of carbonyl (C=O) groups is 1. The zero-order chi connectivity index (χ0) is 16.6. The highest BCUT2D eigenvalue weighted by Gasteiger charge is 2.31. The summed E-state index contributed by atoms with van der Waals surface area (Å²) in [5.74, 6) is 0.475. The number of hydrogen-bond acceptors (Lipinski definition) is 3. The van der Waals surface area contributed by atoms with Crippen LogP contribution in [0.5, 0.6) is 0 Å².